The number of amides is 1. The van der Waals surface area contributed by atoms with E-state index in [4.69, 9.17) is 4.74 Å². The van der Waals surface area contributed by atoms with Crippen LogP contribution in [0.15, 0.2) is 5.16 Å². The molecule has 9 heteroatoms. The largest absolute Gasteiger partial charge is 0.376 e. The molecule has 0 aromatic carbocycles. The van der Waals surface area contributed by atoms with E-state index in [-0.39, 0.29) is 17.8 Å². The van der Waals surface area contributed by atoms with E-state index in [1.165, 1.54) is 30.3 Å². The Morgan fingerprint density at radius 3 is 2.78 bits per heavy atom. The van der Waals surface area contributed by atoms with Gasteiger partial charge in [0, 0.05) is 24.8 Å². The quantitative estimate of drug-likeness (QED) is 0.612. The highest BCUT2D eigenvalue weighted by atomic mass is 32.2. The molecule has 170 valence electrons. The predicted octanol–water partition coefficient (Wildman–Crippen LogP) is 3.64. The van der Waals surface area contributed by atoms with Crippen LogP contribution in [0.3, 0.4) is 0 Å². The molecule has 2 aromatic rings. The molecule has 2 aromatic heterocycles. The lowest BCUT2D eigenvalue weighted by Gasteiger charge is -2.19. The van der Waals surface area contributed by atoms with Gasteiger partial charge in [-0.05, 0) is 63.9 Å². The molecule has 0 spiro atoms. The van der Waals surface area contributed by atoms with Crippen LogP contribution in [0, 0.1) is 11.3 Å². The first-order valence-corrected chi connectivity index (χ1v) is 12.8. The summed E-state index contributed by atoms with van der Waals surface area (Å²) < 4.78 is 10.1. The third-order valence-electron chi connectivity index (χ3n) is 6.69. The topological polar surface area (TPSA) is 97.8 Å². The van der Waals surface area contributed by atoms with Gasteiger partial charge in [0.05, 0.1) is 24.0 Å². The molecule has 3 heterocycles. The van der Waals surface area contributed by atoms with E-state index in [2.05, 4.69) is 37.6 Å². The van der Waals surface area contributed by atoms with Crippen LogP contribution in [0.4, 0.5) is 5.82 Å². The fraction of sp³-hybridized carbons (Fsp3) is 0.652. The summed E-state index contributed by atoms with van der Waals surface area (Å²) in [5.74, 6) is 2.34. The summed E-state index contributed by atoms with van der Waals surface area (Å²) in [6.07, 6.45) is 8.64. The molecule has 2 fully saturated rings. The second-order valence-electron chi connectivity index (χ2n) is 8.91. The fourth-order valence-corrected chi connectivity index (χ4v) is 5.77. The average molecular weight is 455 g/mol. The molecule has 2 aliphatic carbocycles. The standard InChI is InChI=1S/C23H30N6O2S/c1-2-28-21(15-9-10-15)26-27-23(28)32-14-20(30)25-22-18(12-24)17-7-3-4-8-19(17)29(22)13-16-6-5-11-31-16/h15-16H,2-11,13-14H2,1H3,(H,25,30). The van der Waals surface area contributed by atoms with Crippen LogP contribution in [0.1, 0.15) is 74.0 Å². The third-order valence-corrected chi connectivity index (χ3v) is 7.66. The summed E-state index contributed by atoms with van der Waals surface area (Å²) in [6, 6.07) is 2.38. The number of fused-ring (bicyclic) bond motifs is 1. The van der Waals surface area contributed by atoms with E-state index in [9.17, 15) is 10.1 Å². The molecule has 0 radical (unpaired) electrons. The van der Waals surface area contributed by atoms with Gasteiger partial charge in [0.25, 0.3) is 0 Å². The minimum Gasteiger partial charge on any atom is -0.376 e. The molecule has 0 bridgehead atoms. The number of nitrogens with zero attached hydrogens (tertiary/aromatic N) is 5. The number of ether oxygens (including phenoxy) is 1. The number of carbonyl (C=O) groups excluding carboxylic acids is 1. The normalized spacial score (nSPS) is 20.2. The maximum absolute atomic E-state index is 13.0. The van der Waals surface area contributed by atoms with Gasteiger partial charge >= 0.3 is 0 Å². The monoisotopic (exact) mass is 454 g/mol. The van der Waals surface area contributed by atoms with E-state index in [0.717, 1.165) is 68.2 Å². The molecule has 5 rings (SSSR count). The number of anilines is 1. The first-order chi connectivity index (χ1) is 15.7. The van der Waals surface area contributed by atoms with E-state index in [1.807, 2.05) is 0 Å². The van der Waals surface area contributed by atoms with Crippen LogP contribution in [-0.2, 0) is 35.5 Å². The van der Waals surface area contributed by atoms with Crippen molar-refractivity contribution in [1.82, 2.24) is 19.3 Å². The number of hydrogen-bond acceptors (Lipinski definition) is 6. The SMILES string of the molecule is CCn1c(SCC(=O)Nc2c(C#N)c3c(n2CC2CCCO2)CCCC3)nnc1C1CC1. The summed E-state index contributed by atoms with van der Waals surface area (Å²) in [4.78, 5) is 13.0. The third kappa shape index (κ3) is 4.18. The Balaban J connectivity index is 1.34. The van der Waals surface area contributed by atoms with Gasteiger partial charge in [0.2, 0.25) is 5.91 Å². The Morgan fingerprint density at radius 2 is 2.06 bits per heavy atom. The molecule has 1 unspecified atom stereocenters. The van der Waals surface area contributed by atoms with Gasteiger partial charge in [-0.3, -0.25) is 4.79 Å². The van der Waals surface area contributed by atoms with Gasteiger partial charge in [-0.25, -0.2) is 0 Å². The van der Waals surface area contributed by atoms with Gasteiger partial charge in [0.1, 0.15) is 17.7 Å². The molecule has 32 heavy (non-hydrogen) atoms. The molecule has 1 amide bonds. The minimum atomic E-state index is -0.117. The molecule has 1 N–H and O–H groups in total. The van der Waals surface area contributed by atoms with Crippen molar-refractivity contribution in [1.29, 1.82) is 5.26 Å². The molecule has 1 aliphatic heterocycles. The molecular weight excluding hydrogens is 424 g/mol. The van der Waals surface area contributed by atoms with Crippen LogP contribution in [-0.4, -0.2) is 43.7 Å². The summed E-state index contributed by atoms with van der Waals surface area (Å²) in [5.41, 5.74) is 2.94. The Labute approximate surface area is 192 Å². The van der Waals surface area contributed by atoms with Crippen molar-refractivity contribution in [3.8, 4) is 6.07 Å². The number of rotatable bonds is 8. The van der Waals surface area contributed by atoms with Crippen LogP contribution < -0.4 is 5.32 Å². The van der Waals surface area contributed by atoms with Crippen LogP contribution in [0.25, 0.3) is 0 Å². The number of carbonyl (C=O) groups is 1. The van der Waals surface area contributed by atoms with Crippen molar-refractivity contribution in [2.24, 2.45) is 0 Å². The van der Waals surface area contributed by atoms with E-state index in [0.29, 0.717) is 23.8 Å². The lowest BCUT2D eigenvalue weighted by atomic mass is 9.95. The highest BCUT2D eigenvalue weighted by molar-refractivity contribution is 7.99. The minimum absolute atomic E-state index is 0.117. The highest BCUT2D eigenvalue weighted by Crippen LogP contribution is 2.40. The average Bonchev–Trinajstić information content (AvgIpc) is 3.25. The zero-order valence-corrected chi connectivity index (χ0v) is 19.4. The number of thioether (sulfide) groups is 1. The van der Waals surface area contributed by atoms with Crippen LogP contribution >= 0.6 is 11.8 Å². The van der Waals surface area contributed by atoms with Crippen LogP contribution in [0.5, 0.6) is 0 Å². The Kier molecular flexibility index (Phi) is 6.24. The number of hydrogen-bond donors (Lipinski definition) is 1. The van der Waals surface area contributed by atoms with Crippen molar-refractivity contribution < 1.29 is 9.53 Å². The molecule has 1 atom stereocenters. The first-order valence-electron chi connectivity index (χ1n) is 11.8. The lowest BCUT2D eigenvalue weighted by molar-refractivity contribution is -0.113. The second kappa shape index (κ2) is 9.28. The van der Waals surface area contributed by atoms with Crippen molar-refractivity contribution in [3.05, 3.63) is 22.6 Å². The summed E-state index contributed by atoms with van der Waals surface area (Å²) in [6.45, 7) is 4.37. The Morgan fingerprint density at radius 1 is 1.22 bits per heavy atom. The van der Waals surface area contributed by atoms with Crippen molar-refractivity contribution in [2.75, 3.05) is 17.7 Å². The smallest absolute Gasteiger partial charge is 0.235 e. The summed E-state index contributed by atoms with van der Waals surface area (Å²) >= 11 is 1.41. The van der Waals surface area contributed by atoms with Crippen molar-refractivity contribution >= 4 is 23.5 Å². The second-order valence-corrected chi connectivity index (χ2v) is 9.85. The highest BCUT2D eigenvalue weighted by Gasteiger charge is 2.31. The maximum Gasteiger partial charge on any atom is 0.235 e. The molecule has 3 aliphatic rings. The number of nitrogens with one attached hydrogen (secondary N) is 1. The molecule has 1 saturated carbocycles. The van der Waals surface area contributed by atoms with Gasteiger partial charge < -0.3 is 19.2 Å². The van der Waals surface area contributed by atoms with Gasteiger partial charge in [-0.1, -0.05) is 11.8 Å². The Bertz CT molecular complexity index is 1040. The zero-order chi connectivity index (χ0) is 22.1. The molecule has 8 nitrogen and oxygen atoms in total. The lowest BCUT2D eigenvalue weighted by Crippen LogP contribution is -2.23. The summed E-state index contributed by atoms with van der Waals surface area (Å²) in [5, 5.41) is 22.5. The molecular formula is C23H30N6O2S. The number of aromatic nitrogens is 4. The van der Waals surface area contributed by atoms with Crippen molar-refractivity contribution in [3.63, 3.8) is 0 Å². The van der Waals surface area contributed by atoms with Gasteiger partial charge in [-0.15, -0.1) is 10.2 Å². The van der Waals surface area contributed by atoms with E-state index in [1.54, 1.807) is 0 Å². The number of nitriles is 1. The first kappa shape index (κ1) is 21.5. The van der Waals surface area contributed by atoms with Crippen LogP contribution in [0.2, 0.25) is 0 Å². The zero-order valence-electron chi connectivity index (χ0n) is 18.6. The Hall–Kier alpha value is -2.31. The predicted molar refractivity (Wildman–Crippen MR) is 122 cm³/mol. The summed E-state index contributed by atoms with van der Waals surface area (Å²) in [7, 11) is 0. The van der Waals surface area contributed by atoms with Gasteiger partial charge in [0.15, 0.2) is 5.16 Å². The van der Waals surface area contributed by atoms with Crippen molar-refractivity contribution in [2.45, 2.75) is 88.6 Å². The van der Waals surface area contributed by atoms with E-state index >= 15 is 0 Å². The molecule has 1 saturated heterocycles. The fourth-order valence-electron chi connectivity index (χ4n) is 4.96. The van der Waals surface area contributed by atoms with Gasteiger partial charge in [-0.2, -0.15) is 5.26 Å². The maximum atomic E-state index is 13.0. The van der Waals surface area contributed by atoms with E-state index < -0.39 is 0 Å².